The number of methoxy groups -OCH3 is 3. The van der Waals surface area contributed by atoms with Gasteiger partial charge >= 0.3 is 29.9 Å². The van der Waals surface area contributed by atoms with Crippen molar-refractivity contribution in [1.29, 1.82) is 0 Å². The second kappa shape index (κ2) is 12.3. The Morgan fingerprint density at radius 2 is 1.50 bits per heavy atom. The molecule has 0 aromatic heterocycles. The smallest absolute Gasteiger partial charge is 0.515 e. The Morgan fingerprint density at radius 1 is 1.04 bits per heavy atom. The number of hydrogen-bond donors (Lipinski definition) is 0. The van der Waals surface area contributed by atoms with Crippen LogP contribution in [-0.4, -0.2) is 70.8 Å². The summed E-state index contributed by atoms with van der Waals surface area (Å²) in [7, 11) is -3.17. The minimum absolute atomic E-state index is 0.0855. The van der Waals surface area contributed by atoms with Crippen molar-refractivity contribution < 1.29 is 45.6 Å². The monoisotopic (exact) mass is 438 g/mol. The molecule has 0 fully saturated rings. The second-order valence-corrected chi connectivity index (χ2v) is 9.45. The summed E-state index contributed by atoms with van der Waals surface area (Å²) in [4.78, 5) is 12.1. The van der Waals surface area contributed by atoms with Crippen LogP contribution < -0.4 is 0 Å². The van der Waals surface area contributed by atoms with Gasteiger partial charge in [-0.05, 0) is 27.7 Å². The van der Waals surface area contributed by atoms with E-state index in [0.717, 1.165) is 0 Å². The van der Waals surface area contributed by atoms with E-state index in [2.05, 4.69) is 13.2 Å². The summed E-state index contributed by atoms with van der Waals surface area (Å²) >= 11 is 0. The van der Waals surface area contributed by atoms with Gasteiger partial charge in [-0.3, -0.25) is 4.43 Å². The quantitative estimate of drug-likeness (QED) is 0.162. The molecule has 0 aliphatic rings. The number of ether oxygens (including phenoxy) is 4. The van der Waals surface area contributed by atoms with E-state index in [4.69, 9.17) is 36.3 Å². The average Bonchev–Trinajstić information content (AvgIpc) is 2.63. The fourth-order valence-electron chi connectivity index (χ4n) is 1.78. The molecule has 12 heteroatoms. The topological polar surface area (TPSA) is 108 Å². The van der Waals surface area contributed by atoms with Gasteiger partial charge in [0.25, 0.3) is 6.29 Å². The predicted molar refractivity (Wildman–Crippen MR) is 101 cm³/mol. The number of esters is 1. The molecule has 0 saturated heterocycles. The molecular formula is C16H30O10Si2. The van der Waals surface area contributed by atoms with Crippen molar-refractivity contribution >= 4 is 23.9 Å². The number of carbonyl (C=O) groups excluding carboxylic acids is 1. The van der Waals surface area contributed by atoms with E-state index >= 15 is 0 Å². The number of hydrogen-bond acceptors (Lipinski definition) is 10. The predicted octanol–water partition coefficient (Wildman–Crippen LogP) is 1.60. The first-order valence-corrected chi connectivity index (χ1v) is 11.4. The lowest BCUT2D eigenvalue weighted by molar-refractivity contribution is -0.423. The maximum absolute atomic E-state index is 12.3. The molecule has 0 aromatic rings. The molecule has 0 saturated carbocycles. The molecule has 1 unspecified atom stereocenters. The van der Waals surface area contributed by atoms with Gasteiger partial charge in [0, 0.05) is 45.3 Å². The molecule has 0 bridgehead atoms. The molecule has 0 aromatic carbocycles. The van der Waals surface area contributed by atoms with Crippen molar-refractivity contribution in [3.63, 3.8) is 0 Å². The van der Waals surface area contributed by atoms with Crippen molar-refractivity contribution in [3.05, 3.63) is 23.9 Å². The van der Waals surface area contributed by atoms with Gasteiger partial charge in [0.15, 0.2) is 0 Å². The van der Waals surface area contributed by atoms with E-state index in [1.165, 1.54) is 35.2 Å². The van der Waals surface area contributed by atoms with Crippen LogP contribution >= 0.6 is 0 Å². The first-order chi connectivity index (χ1) is 13.1. The van der Waals surface area contributed by atoms with E-state index in [9.17, 15) is 9.26 Å². The molecule has 162 valence electrons. The van der Waals surface area contributed by atoms with Gasteiger partial charge in [-0.15, -0.1) is 0 Å². The van der Waals surface area contributed by atoms with Gasteiger partial charge in [-0.2, -0.15) is 0 Å². The Hall–Kier alpha value is -1.26. The number of carbonyl (C=O) groups is 1. The highest BCUT2D eigenvalue weighted by Crippen LogP contribution is 2.27. The molecule has 1 atom stereocenters. The minimum atomic E-state index is -4.12. The van der Waals surface area contributed by atoms with Gasteiger partial charge in [-0.1, -0.05) is 13.2 Å². The summed E-state index contributed by atoms with van der Waals surface area (Å²) < 4.78 is 55.7. The average molecular weight is 439 g/mol. The van der Waals surface area contributed by atoms with E-state index < -0.39 is 36.2 Å². The first kappa shape index (κ1) is 26.7. The molecule has 28 heavy (non-hydrogen) atoms. The summed E-state index contributed by atoms with van der Waals surface area (Å²) in [5, 5.41) is 0.275. The Balaban J connectivity index is 6.14. The second-order valence-electron chi connectivity index (χ2n) is 5.39. The van der Waals surface area contributed by atoms with Gasteiger partial charge in [0.1, 0.15) is 0 Å². The van der Waals surface area contributed by atoms with Crippen LogP contribution in [0.1, 0.15) is 27.7 Å². The first-order valence-electron chi connectivity index (χ1n) is 8.43. The zero-order valence-corrected chi connectivity index (χ0v) is 19.5. The SMILES string of the molecule is C=C(C)C(=O)OC(O[Si](OCC)(OCC)O[Si](=O)C(=C)C)C(OC)(OC)OC. The molecular weight excluding hydrogens is 408 g/mol. The van der Waals surface area contributed by atoms with Gasteiger partial charge in [0.2, 0.25) is 0 Å². The Labute approximate surface area is 168 Å². The molecule has 0 aliphatic carbocycles. The summed E-state index contributed by atoms with van der Waals surface area (Å²) in [5.41, 5.74) is 0.0855. The maximum atomic E-state index is 12.3. The lowest BCUT2D eigenvalue weighted by Gasteiger charge is -2.38. The largest absolute Gasteiger partial charge is 0.740 e. The zero-order chi connectivity index (χ0) is 22.0. The van der Waals surface area contributed by atoms with Crippen LogP contribution in [0, 0.1) is 0 Å². The normalized spacial score (nSPS) is 13.0. The molecule has 0 spiro atoms. The van der Waals surface area contributed by atoms with E-state index in [1.807, 2.05) is 0 Å². The minimum Gasteiger partial charge on any atom is -0.515 e. The summed E-state index contributed by atoms with van der Waals surface area (Å²) in [6, 6.07) is 0. The molecule has 0 radical (unpaired) electrons. The van der Waals surface area contributed by atoms with Crippen molar-refractivity contribution in [2.45, 2.75) is 40.0 Å². The Kier molecular flexibility index (Phi) is 11.8. The third-order valence-electron chi connectivity index (χ3n) is 3.16. The third kappa shape index (κ3) is 7.29. The van der Waals surface area contributed by atoms with Crippen LogP contribution in [0.3, 0.4) is 0 Å². The van der Waals surface area contributed by atoms with E-state index in [1.54, 1.807) is 13.8 Å². The number of rotatable bonds is 15. The molecule has 0 rings (SSSR count). The van der Waals surface area contributed by atoms with E-state index in [0.29, 0.717) is 0 Å². The molecule has 0 amide bonds. The van der Waals surface area contributed by atoms with Gasteiger partial charge in [0.05, 0.1) is 0 Å². The summed E-state index contributed by atoms with van der Waals surface area (Å²) in [6.45, 7) is 13.6. The van der Waals surface area contributed by atoms with Crippen LogP contribution in [-0.2, 0) is 45.6 Å². The van der Waals surface area contributed by atoms with Gasteiger partial charge in [-0.25, -0.2) is 4.79 Å². The van der Waals surface area contributed by atoms with Crippen LogP contribution in [0.2, 0.25) is 0 Å². The third-order valence-corrected chi connectivity index (χ3v) is 7.39. The number of allylic oxidation sites excluding steroid dienone is 1. The highest BCUT2D eigenvalue weighted by atomic mass is 28.4. The molecule has 10 nitrogen and oxygen atoms in total. The highest BCUT2D eigenvalue weighted by molar-refractivity contribution is 6.64. The zero-order valence-electron chi connectivity index (χ0n) is 17.5. The van der Waals surface area contributed by atoms with Crippen molar-refractivity contribution in [2.75, 3.05) is 34.5 Å². The highest BCUT2D eigenvalue weighted by Gasteiger charge is 2.58. The van der Waals surface area contributed by atoms with Crippen molar-refractivity contribution in [1.82, 2.24) is 0 Å². The lowest BCUT2D eigenvalue weighted by Crippen LogP contribution is -2.60. The van der Waals surface area contributed by atoms with Crippen LogP contribution in [0.25, 0.3) is 0 Å². The Bertz CT molecular complexity index is 547. The maximum Gasteiger partial charge on any atom is 0.740 e. The Morgan fingerprint density at radius 3 is 1.82 bits per heavy atom. The summed E-state index contributed by atoms with van der Waals surface area (Å²) in [5.74, 6) is -2.80. The molecule has 0 N–H and O–H groups in total. The summed E-state index contributed by atoms with van der Waals surface area (Å²) in [6.07, 6.45) is -1.67. The van der Waals surface area contributed by atoms with Crippen LogP contribution in [0.15, 0.2) is 23.9 Å². The fraction of sp³-hybridized carbons (Fsp3) is 0.688. The van der Waals surface area contributed by atoms with Crippen molar-refractivity contribution in [3.8, 4) is 0 Å². The van der Waals surface area contributed by atoms with Crippen molar-refractivity contribution in [2.24, 2.45) is 0 Å². The van der Waals surface area contributed by atoms with Crippen LogP contribution in [0.4, 0.5) is 0 Å². The standard InChI is InChI=1S/C16H30O10Si2/c1-10-22-28(23-11-2,26-27(18)13(5)6)25-15(24-14(17)12(3)4)16(19-7,20-8)21-9/h15H,3,5,10-11H2,1-2,4,6-9H3. The molecule has 0 aliphatic heterocycles. The van der Waals surface area contributed by atoms with E-state index in [-0.39, 0.29) is 24.0 Å². The fourth-order valence-corrected chi connectivity index (χ4v) is 5.43. The van der Waals surface area contributed by atoms with Crippen LogP contribution in [0.5, 0.6) is 0 Å². The lowest BCUT2D eigenvalue weighted by atomic mass is 10.3. The molecule has 0 heterocycles. The van der Waals surface area contributed by atoms with Gasteiger partial charge < -0.3 is 36.4 Å².